The number of rotatable bonds is 5. The van der Waals surface area contributed by atoms with Crippen molar-refractivity contribution >= 4 is 5.97 Å². The van der Waals surface area contributed by atoms with Crippen molar-refractivity contribution in [2.45, 2.75) is 45.3 Å². The second-order valence-corrected chi connectivity index (χ2v) is 4.24. The zero-order valence-corrected chi connectivity index (χ0v) is 10.6. The third-order valence-electron chi connectivity index (χ3n) is 3.25. The molecule has 0 aromatic heterocycles. The normalized spacial score (nSPS) is 22.4. The molecular weight excluding hydrogens is 206 g/mol. The van der Waals surface area contributed by atoms with Gasteiger partial charge in [0.05, 0.1) is 26.2 Å². The largest absolute Gasteiger partial charge is 0.469 e. The van der Waals surface area contributed by atoms with E-state index in [2.05, 4.69) is 23.5 Å². The average Bonchev–Trinajstić information content (AvgIpc) is 2.31. The van der Waals surface area contributed by atoms with E-state index in [0.717, 1.165) is 32.5 Å². The van der Waals surface area contributed by atoms with Crippen LogP contribution in [0.5, 0.6) is 0 Å². The Hall–Kier alpha value is -0.610. The van der Waals surface area contributed by atoms with Crippen molar-refractivity contribution in [2.24, 2.45) is 0 Å². The van der Waals surface area contributed by atoms with Gasteiger partial charge >= 0.3 is 5.97 Å². The van der Waals surface area contributed by atoms with Gasteiger partial charge in [-0.25, -0.2) is 0 Å². The van der Waals surface area contributed by atoms with Gasteiger partial charge in [0.1, 0.15) is 0 Å². The Kier molecular flexibility index (Phi) is 5.77. The Morgan fingerprint density at radius 2 is 2.19 bits per heavy atom. The Morgan fingerprint density at radius 1 is 1.50 bits per heavy atom. The zero-order chi connectivity index (χ0) is 12.0. The zero-order valence-electron chi connectivity index (χ0n) is 10.6. The van der Waals surface area contributed by atoms with Crippen LogP contribution in [-0.4, -0.2) is 49.8 Å². The van der Waals surface area contributed by atoms with Crippen molar-refractivity contribution in [2.75, 3.05) is 26.8 Å². The molecule has 1 aliphatic rings. The first-order valence-corrected chi connectivity index (χ1v) is 6.13. The van der Waals surface area contributed by atoms with Crippen LogP contribution in [0.1, 0.15) is 33.1 Å². The van der Waals surface area contributed by atoms with Gasteiger partial charge in [0.25, 0.3) is 0 Å². The molecule has 0 aromatic carbocycles. The van der Waals surface area contributed by atoms with Gasteiger partial charge in [-0.05, 0) is 12.8 Å². The summed E-state index contributed by atoms with van der Waals surface area (Å²) < 4.78 is 10.2. The van der Waals surface area contributed by atoms with E-state index in [-0.39, 0.29) is 12.1 Å². The Bertz CT molecular complexity index is 216. The number of ether oxygens (including phenoxy) is 2. The molecule has 1 heterocycles. The molecule has 1 fully saturated rings. The van der Waals surface area contributed by atoms with E-state index in [4.69, 9.17) is 4.74 Å². The molecule has 1 atom stereocenters. The minimum Gasteiger partial charge on any atom is -0.469 e. The Balaban J connectivity index is 2.43. The number of methoxy groups -OCH3 is 1. The molecule has 0 aromatic rings. The van der Waals surface area contributed by atoms with Crippen molar-refractivity contribution in [3.05, 3.63) is 0 Å². The van der Waals surface area contributed by atoms with Crippen molar-refractivity contribution < 1.29 is 14.3 Å². The highest BCUT2D eigenvalue weighted by molar-refractivity contribution is 5.69. The van der Waals surface area contributed by atoms with Crippen LogP contribution in [0.4, 0.5) is 0 Å². The molecule has 0 aliphatic carbocycles. The number of esters is 1. The first-order valence-electron chi connectivity index (χ1n) is 6.13. The van der Waals surface area contributed by atoms with Gasteiger partial charge in [-0.3, -0.25) is 9.69 Å². The number of hydrogen-bond acceptors (Lipinski definition) is 4. The molecule has 1 unspecified atom stereocenters. The lowest BCUT2D eigenvalue weighted by atomic mass is 10.1. The summed E-state index contributed by atoms with van der Waals surface area (Å²) in [6.45, 7) is 6.96. The fourth-order valence-corrected chi connectivity index (χ4v) is 2.27. The number of morpholine rings is 1. The van der Waals surface area contributed by atoms with Crippen molar-refractivity contribution in [3.8, 4) is 0 Å². The molecule has 1 rings (SSSR count). The lowest BCUT2D eigenvalue weighted by molar-refractivity contribution is -0.146. The van der Waals surface area contributed by atoms with Crippen LogP contribution in [0.2, 0.25) is 0 Å². The molecule has 0 saturated carbocycles. The monoisotopic (exact) mass is 229 g/mol. The van der Waals surface area contributed by atoms with Gasteiger partial charge in [-0.2, -0.15) is 0 Å². The first-order chi connectivity index (χ1) is 7.71. The highest BCUT2D eigenvalue weighted by Crippen LogP contribution is 2.15. The van der Waals surface area contributed by atoms with Crippen molar-refractivity contribution in [1.82, 2.24) is 4.90 Å². The summed E-state index contributed by atoms with van der Waals surface area (Å²) in [5.74, 6) is -0.184. The fraction of sp³-hybridized carbons (Fsp3) is 0.917. The van der Waals surface area contributed by atoms with Gasteiger partial charge < -0.3 is 9.47 Å². The van der Waals surface area contributed by atoms with Crippen LogP contribution >= 0.6 is 0 Å². The van der Waals surface area contributed by atoms with Gasteiger partial charge in [0.15, 0.2) is 0 Å². The van der Waals surface area contributed by atoms with E-state index in [0.29, 0.717) is 12.5 Å². The van der Waals surface area contributed by atoms with E-state index in [1.54, 1.807) is 0 Å². The van der Waals surface area contributed by atoms with Crippen LogP contribution in [0.3, 0.4) is 0 Å². The standard InChI is InChI=1S/C12H23NO3/c1-4-10(5-2)13-6-7-16-11(9-13)8-12(14)15-3/h10-11H,4-9H2,1-3H3. The maximum atomic E-state index is 11.2. The predicted octanol–water partition coefficient (Wildman–Crippen LogP) is 1.44. The lowest BCUT2D eigenvalue weighted by Crippen LogP contribution is -2.47. The quantitative estimate of drug-likeness (QED) is 0.669. The van der Waals surface area contributed by atoms with Crippen molar-refractivity contribution in [3.63, 3.8) is 0 Å². The van der Waals surface area contributed by atoms with E-state index in [1.165, 1.54) is 7.11 Å². The maximum absolute atomic E-state index is 11.2. The van der Waals surface area contributed by atoms with Crippen LogP contribution < -0.4 is 0 Å². The number of carbonyl (C=O) groups excluding carboxylic acids is 1. The molecule has 4 heteroatoms. The number of carbonyl (C=O) groups is 1. The van der Waals surface area contributed by atoms with E-state index in [1.807, 2.05) is 0 Å². The molecular formula is C12H23NO3. The molecule has 94 valence electrons. The highest BCUT2D eigenvalue weighted by atomic mass is 16.5. The molecule has 1 aliphatic heterocycles. The van der Waals surface area contributed by atoms with Gasteiger partial charge in [-0.15, -0.1) is 0 Å². The van der Waals surface area contributed by atoms with E-state index >= 15 is 0 Å². The average molecular weight is 229 g/mol. The highest BCUT2D eigenvalue weighted by Gasteiger charge is 2.26. The molecule has 16 heavy (non-hydrogen) atoms. The summed E-state index contributed by atoms with van der Waals surface area (Å²) in [7, 11) is 1.42. The predicted molar refractivity (Wildman–Crippen MR) is 62.3 cm³/mol. The van der Waals surface area contributed by atoms with Gasteiger partial charge in [-0.1, -0.05) is 13.8 Å². The lowest BCUT2D eigenvalue weighted by Gasteiger charge is -2.37. The SMILES string of the molecule is CCC(CC)N1CCOC(CC(=O)OC)C1. The van der Waals surface area contributed by atoms with Crippen LogP contribution in [0, 0.1) is 0 Å². The summed E-state index contributed by atoms with van der Waals surface area (Å²) in [5.41, 5.74) is 0. The summed E-state index contributed by atoms with van der Waals surface area (Å²) in [4.78, 5) is 13.6. The molecule has 0 bridgehead atoms. The molecule has 1 saturated heterocycles. The van der Waals surface area contributed by atoms with E-state index < -0.39 is 0 Å². The smallest absolute Gasteiger partial charge is 0.308 e. The summed E-state index contributed by atoms with van der Waals surface area (Å²) in [5, 5.41) is 0. The van der Waals surface area contributed by atoms with Crippen LogP contribution in [0.15, 0.2) is 0 Å². The first kappa shape index (κ1) is 13.5. The summed E-state index contributed by atoms with van der Waals surface area (Å²) in [6.07, 6.45) is 2.68. The van der Waals surface area contributed by atoms with Gasteiger partial charge in [0.2, 0.25) is 0 Å². The minimum absolute atomic E-state index is 0.00167. The van der Waals surface area contributed by atoms with Crippen LogP contribution in [-0.2, 0) is 14.3 Å². The third kappa shape index (κ3) is 3.76. The molecule has 0 N–H and O–H groups in total. The Morgan fingerprint density at radius 3 is 2.75 bits per heavy atom. The van der Waals surface area contributed by atoms with Crippen molar-refractivity contribution in [1.29, 1.82) is 0 Å². The fourth-order valence-electron chi connectivity index (χ4n) is 2.27. The van der Waals surface area contributed by atoms with Gasteiger partial charge in [0, 0.05) is 19.1 Å². The number of hydrogen-bond donors (Lipinski definition) is 0. The minimum atomic E-state index is -0.184. The second-order valence-electron chi connectivity index (χ2n) is 4.24. The third-order valence-corrected chi connectivity index (χ3v) is 3.25. The molecule has 0 amide bonds. The molecule has 0 radical (unpaired) electrons. The second kappa shape index (κ2) is 6.86. The summed E-state index contributed by atoms with van der Waals surface area (Å²) in [6, 6.07) is 0.615. The summed E-state index contributed by atoms with van der Waals surface area (Å²) >= 11 is 0. The van der Waals surface area contributed by atoms with Crippen LogP contribution in [0.25, 0.3) is 0 Å². The maximum Gasteiger partial charge on any atom is 0.308 e. The molecule has 4 nitrogen and oxygen atoms in total. The topological polar surface area (TPSA) is 38.8 Å². The number of nitrogens with zero attached hydrogens (tertiary/aromatic N) is 1. The Labute approximate surface area is 97.9 Å². The molecule has 0 spiro atoms. The van der Waals surface area contributed by atoms with E-state index in [9.17, 15) is 4.79 Å².